The molecule has 0 fully saturated rings. The number of rotatable bonds is 4. The van der Waals surface area contributed by atoms with Crippen LogP contribution < -0.4 is 9.47 Å². The maximum atomic E-state index is 6.25. The van der Waals surface area contributed by atoms with E-state index in [0.29, 0.717) is 57.4 Å². The summed E-state index contributed by atoms with van der Waals surface area (Å²) in [5, 5.41) is 3.50. The van der Waals surface area contributed by atoms with Crippen molar-refractivity contribution in [1.82, 2.24) is 39.9 Å². The lowest BCUT2D eigenvalue weighted by Crippen LogP contribution is -2.10. The van der Waals surface area contributed by atoms with E-state index in [1.165, 1.54) is 0 Å². The van der Waals surface area contributed by atoms with Gasteiger partial charge in [0.05, 0.1) is 12.2 Å². The van der Waals surface area contributed by atoms with Crippen molar-refractivity contribution in [2.45, 2.75) is 39.9 Å². The van der Waals surface area contributed by atoms with Crippen LogP contribution in [-0.2, 0) is 0 Å². The van der Waals surface area contributed by atoms with E-state index >= 15 is 0 Å². The lowest BCUT2D eigenvalue weighted by Gasteiger charge is -2.17. The van der Waals surface area contributed by atoms with Crippen molar-refractivity contribution in [1.29, 1.82) is 0 Å². The van der Waals surface area contributed by atoms with Crippen LogP contribution in [0.3, 0.4) is 0 Å². The largest absolute Gasteiger partial charge is 0.487 e. The zero-order valence-electron chi connectivity index (χ0n) is 26.7. The Bertz CT molecular complexity index is 2430. The van der Waals surface area contributed by atoms with Crippen LogP contribution in [-0.4, -0.2) is 52.1 Å². The van der Waals surface area contributed by atoms with Crippen LogP contribution >= 0.6 is 0 Å². The fraction of sp³-hybridized carbons (Fsp3) is 0.158. The summed E-state index contributed by atoms with van der Waals surface area (Å²) >= 11 is 0. The predicted molar refractivity (Wildman–Crippen MR) is 188 cm³/mol. The molecule has 0 atom stereocenters. The molecule has 234 valence electrons. The summed E-state index contributed by atoms with van der Waals surface area (Å²) in [5.41, 5.74) is 6.04. The standard InChI is InChI=1S/C38H30N8O2/c1-19(2)47-29-17-27-28(18-30(29)48-20(3)4)38-45-36-26-16-10-8-14-24(26)34(43-36)41-32-22-12-6-5-11-21(22)31(39-32)40-33-23-13-7-9-15-25(23)35(42-33)44-37(27)46-38/h5-20H,1-4H3,(H2,39,40,41,42,43,44,45,46). The van der Waals surface area contributed by atoms with Crippen molar-refractivity contribution in [3.63, 3.8) is 0 Å². The van der Waals surface area contributed by atoms with Crippen molar-refractivity contribution in [3.05, 3.63) is 84.9 Å². The van der Waals surface area contributed by atoms with E-state index in [1.54, 1.807) is 0 Å². The third-order valence-electron chi connectivity index (χ3n) is 8.34. The monoisotopic (exact) mass is 630 g/mol. The number of hydrogen-bond donors (Lipinski definition) is 2. The summed E-state index contributed by atoms with van der Waals surface area (Å²) in [6, 6.07) is 28.0. The molecule has 9 rings (SSSR count). The van der Waals surface area contributed by atoms with Gasteiger partial charge in [-0.1, -0.05) is 72.8 Å². The van der Waals surface area contributed by atoms with Gasteiger partial charge in [-0.05, 0) is 39.8 Å². The van der Waals surface area contributed by atoms with Crippen molar-refractivity contribution in [2.24, 2.45) is 0 Å². The van der Waals surface area contributed by atoms with Gasteiger partial charge in [0, 0.05) is 43.8 Å². The minimum atomic E-state index is -0.0636. The van der Waals surface area contributed by atoms with E-state index in [9.17, 15) is 0 Å². The van der Waals surface area contributed by atoms with Crippen LogP contribution in [0.2, 0.25) is 0 Å². The molecule has 10 nitrogen and oxygen atoms in total. The molecule has 7 aromatic rings. The third kappa shape index (κ3) is 4.56. The highest BCUT2D eigenvalue weighted by Gasteiger charge is 2.23. The van der Waals surface area contributed by atoms with Gasteiger partial charge in [0.15, 0.2) is 34.8 Å². The molecule has 0 unspecified atom stereocenters. The molecule has 2 N–H and O–H groups in total. The first-order chi connectivity index (χ1) is 23.4. The summed E-state index contributed by atoms with van der Waals surface area (Å²) in [7, 11) is 0. The number of aromatic nitrogens is 8. The Morgan fingerprint density at radius 3 is 1.06 bits per heavy atom. The number of nitrogens with one attached hydrogen (secondary N) is 2. The number of benzene rings is 4. The quantitative estimate of drug-likeness (QED) is 0.198. The number of H-pyrrole nitrogens is 2. The first-order valence-electron chi connectivity index (χ1n) is 16.0. The van der Waals surface area contributed by atoms with E-state index in [2.05, 4.69) is 9.97 Å². The smallest absolute Gasteiger partial charge is 0.164 e. The minimum Gasteiger partial charge on any atom is -0.487 e. The zero-order valence-corrected chi connectivity index (χ0v) is 26.7. The van der Waals surface area contributed by atoms with Crippen molar-refractivity contribution in [3.8, 4) is 57.1 Å². The maximum absolute atomic E-state index is 6.25. The minimum absolute atomic E-state index is 0.0636. The van der Waals surface area contributed by atoms with Gasteiger partial charge < -0.3 is 19.4 Å². The highest BCUT2D eigenvalue weighted by atomic mass is 16.5. The van der Waals surface area contributed by atoms with E-state index in [0.717, 1.165) is 43.8 Å². The molecule has 0 spiro atoms. The SMILES string of the molecule is CC(C)Oc1cc2c3nc4nc(nc5[nH]c(nc6nc(nc([nH]3)c2cc1OC(C)C)-c1ccccc1-6)c1ccccc51)-c1ccccc1-4. The molecule has 0 radical (unpaired) electrons. The van der Waals surface area contributed by atoms with Gasteiger partial charge in [-0.2, -0.15) is 0 Å². The molecule has 8 bridgehead atoms. The summed E-state index contributed by atoms with van der Waals surface area (Å²) in [6.07, 6.45) is -0.127. The molecule has 5 heterocycles. The van der Waals surface area contributed by atoms with Gasteiger partial charge in [0.2, 0.25) is 0 Å². The Balaban J connectivity index is 1.46. The van der Waals surface area contributed by atoms with Crippen LogP contribution in [0, 0.1) is 0 Å². The van der Waals surface area contributed by atoms with Crippen LogP contribution in [0.5, 0.6) is 11.5 Å². The predicted octanol–water partition coefficient (Wildman–Crippen LogP) is 8.44. The summed E-state index contributed by atoms with van der Waals surface area (Å²) in [5.74, 6) is 3.46. The van der Waals surface area contributed by atoms with Crippen LogP contribution in [0.15, 0.2) is 84.9 Å². The molecule has 10 heteroatoms. The summed E-state index contributed by atoms with van der Waals surface area (Å²) in [4.78, 5) is 37.3. The van der Waals surface area contributed by atoms with Gasteiger partial charge in [-0.15, -0.1) is 0 Å². The maximum Gasteiger partial charge on any atom is 0.164 e. The molecular weight excluding hydrogens is 600 g/mol. The Labute approximate surface area is 274 Å². The molecule has 2 aliphatic rings. The molecular formula is C38H30N8O2. The lowest BCUT2D eigenvalue weighted by atomic mass is 10.1. The molecule has 2 aliphatic heterocycles. The number of aromatic amines is 2. The molecule has 4 aromatic carbocycles. The molecule has 0 amide bonds. The summed E-state index contributed by atoms with van der Waals surface area (Å²) in [6.45, 7) is 7.98. The van der Waals surface area contributed by atoms with E-state index in [-0.39, 0.29) is 12.2 Å². The van der Waals surface area contributed by atoms with Crippen molar-refractivity contribution in [2.75, 3.05) is 0 Å². The fourth-order valence-corrected chi connectivity index (χ4v) is 6.34. The molecule has 0 saturated carbocycles. The molecule has 0 aliphatic carbocycles. The Kier molecular flexibility index (Phi) is 6.26. The number of hydrogen-bond acceptors (Lipinski definition) is 8. The number of nitrogens with zero attached hydrogens (tertiary/aromatic N) is 6. The second-order valence-electron chi connectivity index (χ2n) is 12.4. The molecule has 48 heavy (non-hydrogen) atoms. The Morgan fingerprint density at radius 2 is 0.729 bits per heavy atom. The van der Waals surface area contributed by atoms with Gasteiger partial charge in [0.1, 0.15) is 22.6 Å². The van der Waals surface area contributed by atoms with Gasteiger partial charge >= 0.3 is 0 Å². The molecule has 3 aromatic heterocycles. The second kappa shape index (κ2) is 10.7. The van der Waals surface area contributed by atoms with Gasteiger partial charge in [-0.25, -0.2) is 29.9 Å². The number of fused-ring (bicyclic) bond motifs is 20. The van der Waals surface area contributed by atoms with E-state index in [4.69, 9.17) is 39.4 Å². The normalized spacial score (nSPS) is 12.1. The zero-order chi connectivity index (χ0) is 32.5. The van der Waals surface area contributed by atoms with Gasteiger partial charge in [-0.3, -0.25) is 0 Å². The number of ether oxygens (including phenoxy) is 2. The first-order valence-corrected chi connectivity index (χ1v) is 16.0. The van der Waals surface area contributed by atoms with Crippen molar-refractivity contribution >= 4 is 44.1 Å². The average Bonchev–Trinajstić information content (AvgIpc) is 3.80. The second-order valence-corrected chi connectivity index (χ2v) is 12.4. The van der Waals surface area contributed by atoms with Crippen molar-refractivity contribution < 1.29 is 9.47 Å². The first kappa shape index (κ1) is 28.1. The Morgan fingerprint density at radius 1 is 0.417 bits per heavy atom. The van der Waals surface area contributed by atoms with E-state index in [1.807, 2.05) is 113 Å². The van der Waals surface area contributed by atoms with Crippen LogP contribution in [0.1, 0.15) is 27.7 Å². The lowest BCUT2D eigenvalue weighted by molar-refractivity contribution is 0.199. The highest BCUT2D eigenvalue weighted by Crippen LogP contribution is 2.40. The van der Waals surface area contributed by atoms with Gasteiger partial charge in [0.25, 0.3) is 0 Å². The van der Waals surface area contributed by atoms with Crippen LogP contribution in [0.4, 0.5) is 0 Å². The topological polar surface area (TPSA) is 127 Å². The summed E-state index contributed by atoms with van der Waals surface area (Å²) < 4.78 is 12.5. The fourth-order valence-electron chi connectivity index (χ4n) is 6.34. The third-order valence-corrected chi connectivity index (χ3v) is 8.34. The Hall–Kier alpha value is -6.16. The highest BCUT2D eigenvalue weighted by molar-refractivity contribution is 6.07. The van der Waals surface area contributed by atoms with E-state index < -0.39 is 0 Å². The van der Waals surface area contributed by atoms with Crippen LogP contribution in [0.25, 0.3) is 89.7 Å². The average molecular weight is 631 g/mol. The molecule has 0 saturated heterocycles.